The first kappa shape index (κ1) is 52.0. The van der Waals surface area contributed by atoms with Gasteiger partial charge in [-0.1, -0.05) is 77.7 Å². The van der Waals surface area contributed by atoms with Crippen LogP contribution >= 0.6 is 0 Å². The van der Waals surface area contributed by atoms with E-state index in [-0.39, 0.29) is 64.1 Å². The molecule has 0 amide bonds. The van der Waals surface area contributed by atoms with Crippen molar-refractivity contribution < 1.29 is 40.8 Å². The molecule has 8 atom stereocenters. The van der Waals surface area contributed by atoms with E-state index in [9.17, 15) is 12.3 Å². The lowest BCUT2D eigenvalue weighted by molar-refractivity contribution is -0.161. The molecule has 63 heavy (non-hydrogen) atoms. The minimum atomic E-state index is -1.31. The zero-order chi connectivity index (χ0) is 45.8. The average molecular weight is 887 g/mol. The lowest BCUT2D eigenvalue weighted by atomic mass is 9.79. The Labute approximate surface area is 385 Å². The van der Waals surface area contributed by atoms with E-state index < -0.39 is 30.2 Å². The van der Waals surface area contributed by atoms with E-state index in [0.29, 0.717) is 41.9 Å². The molecule has 360 valence electrons. The Morgan fingerprint density at radius 3 is 1.56 bits per heavy atom. The van der Waals surface area contributed by atoms with E-state index in [1.54, 1.807) is 28.4 Å². The molecule has 6 unspecified atom stereocenters. The minimum Gasteiger partial charge on any atom is -0.493 e. The molecule has 2 aromatic rings. The Bertz CT molecular complexity index is 1860. The first-order chi connectivity index (χ1) is 29.2. The monoisotopic (exact) mass is 887 g/mol. The second-order valence-corrected chi connectivity index (χ2v) is 18.7. The highest BCUT2D eigenvalue weighted by Gasteiger charge is 2.43. The number of fused-ring (bicyclic) bond motifs is 6. The fourth-order valence-corrected chi connectivity index (χ4v) is 9.27. The number of methoxy groups -OCH3 is 4. The number of piperidine rings is 2. The van der Waals surface area contributed by atoms with Crippen molar-refractivity contribution in [1.82, 2.24) is 9.80 Å². The van der Waals surface area contributed by atoms with Gasteiger partial charge in [0, 0.05) is 62.9 Å². The Morgan fingerprint density at radius 2 is 1.06 bits per heavy atom. The quantitative estimate of drug-likeness (QED) is 0.175. The standard InChI is InChI=1S/2C24H38N2O4.3CH4/c2*1-14(2)9-17-13-26-8-7-16-10-21(28-5)22(29-6)11-18(16)19(26)12-20(17)30-24(27)23(25)15(3)4;;;/h2*10-11,14-15,17,19-20,23H,7-9,12-13,25H2,1-6H3;3*1H4/t2*17?,19?,20?,23-;;;/m00.../s1/i20D;19D;;;. The second-order valence-electron chi connectivity index (χ2n) is 18.7. The minimum absolute atomic E-state index is 0. The maximum atomic E-state index is 12.8. The van der Waals surface area contributed by atoms with Crippen LogP contribution < -0.4 is 30.4 Å². The summed E-state index contributed by atoms with van der Waals surface area (Å²) in [5, 5.41) is 0. The molecule has 4 heterocycles. The van der Waals surface area contributed by atoms with Crippen LogP contribution in [0.3, 0.4) is 0 Å². The van der Waals surface area contributed by atoms with Crippen molar-refractivity contribution in [1.29, 1.82) is 0 Å². The van der Waals surface area contributed by atoms with Crippen molar-refractivity contribution in [2.45, 2.75) is 153 Å². The third-order valence-electron chi connectivity index (χ3n) is 12.8. The summed E-state index contributed by atoms with van der Waals surface area (Å²) in [4.78, 5) is 30.2. The number of hydrogen-bond donors (Lipinski definition) is 2. The first-order valence-corrected chi connectivity index (χ1v) is 22.1. The largest absolute Gasteiger partial charge is 0.493 e. The molecule has 12 nitrogen and oxygen atoms in total. The van der Waals surface area contributed by atoms with Crippen LogP contribution in [0.2, 0.25) is 0 Å². The van der Waals surface area contributed by atoms with Crippen LogP contribution in [0.25, 0.3) is 0 Å². The fraction of sp³-hybridized carbons (Fsp3) is 0.725. The number of ether oxygens (including phenoxy) is 6. The number of benzene rings is 2. The van der Waals surface area contributed by atoms with Crippen molar-refractivity contribution in [3.8, 4) is 23.0 Å². The van der Waals surface area contributed by atoms with Gasteiger partial charge >= 0.3 is 11.9 Å². The molecule has 0 radical (unpaired) electrons. The van der Waals surface area contributed by atoms with Crippen LogP contribution in [0.1, 0.15) is 140 Å². The molecule has 2 saturated heterocycles. The molecule has 4 N–H and O–H groups in total. The zero-order valence-corrected chi connectivity index (χ0v) is 38.5. The summed E-state index contributed by atoms with van der Waals surface area (Å²) >= 11 is 0. The van der Waals surface area contributed by atoms with E-state index in [4.69, 9.17) is 39.9 Å². The average Bonchev–Trinajstić information content (AvgIpc) is 3.22. The molecule has 2 fully saturated rings. The molecule has 0 aromatic heterocycles. The molecule has 4 aliphatic rings. The van der Waals surface area contributed by atoms with Crippen molar-refractivity contribution in [3.63, 3.8) is 0 Å². The summed E-state index contributed by atoms with van der Waals surface area (Å²) in [6.45, 7) is 19.5. The highest BCUT2D eigenvalue weighted by Crippen LogP contribution is 2.46. The molecule has 12 heteroatoms. The van der Waals surface area contributed by atoms with E-state index in [1.165, 1.54) is 5.56 Å². The molecule has 0 aliphatic carbocycles. The van der Waals surface area contributed by atoms with Gasteiger partial charge in [-0.2, -0.15) is 0 Å². The van der Waals surface area contributed by atoms with E-state index in [2.05, 4.69) is 37.5 Å². The Hall–Kier alpha value is -3.58. The highest BCUT2D eigenvalue weighted by atomic mass is 16.6. The van der Waals surface area contributed by atoms with Crippen LogP contribution in [0.5, 0.6) is 23.0 Å². The van der Waals surface area contributed by atoms with Gasteiger partial charge in [0.05, 0.1) is 31.2 Å². The second kappa shape index (κ2) is 24.6. The van der Waals surface area contributed by atoms with Crippen molar-refractivity contribution in [2.75, 3.05) is 54.6 Å². The van der Waals surface area contributed by atoms with Gasteiger partial charge in [-0.25, -0.2) is 0 Å². The zero-order valence-electron chi connectivity index (χ0n) is 40.5. The molecular formula is C51H88N4O8. The molecule has 4 aliphatic heterocycles. The molecule has 0 bridgehead atoms. The summed E-state index contributed by atoms with van der Waals surface area (Å²) in [5.41, 5.74) is 16.5. The predicted molar refractivity (Wildman–Crippen MR) is 256 cm³/mol. The van der Waals surface area contributed by atoms with Crippen LogP contribution in [-0.2, 0) is 31.9 Å². The molecular weight excluding hydrogens is 797 g/mol. The van der Waals surface area contributed by atoms with Gasteiger partial charge in [0.15, 0.2) is 23.0 Å². The van der Waals surface area contributed by atoms with Crippen molar-refractivity contribution in [2.24, 2.45) is 47.0 Å². The van der Waals surface area contributed by atoms with Crippen molar-refractivity contribution >= 4 is 11.9 Å². The third kappa shape index (κ3) is 13.3. The van der Waals surface area contributed by atoms with E-state index in [1.807, 2.05) is 52.0 Å². The number of nitrogens with two attached hydrogens (primary N) is 2. The fourth-order valence-electron chi connectivity index (χ4n) is 9.27. The first-order valence-electron chi connectivity index (χ1n) is 23.1. The Kier molecular flexibility index (Phi) is 20.4. The lowest BCUT2D eigenvalue weighted by Crippen LogP contribution is -2.51. The molecule has 2 aromatic carbocycles. The van der Waals surface area contributed by atoms with Gasteiger partial charge in [0.1, 0.15) is 24.3 Å². The van der Waals surface area contributed by atoms with Gasteiger partial charge in [-0.05, 0) is 95.9 Å². The summed E-state index contributed by atoms with van der Waals surface area (Å²) < 4.78 is 52.7. The van der Waals surface area contributed by atoms with Crippen LogP contribution in [-0.4, -0.2) is 101 Å². The molecule has 6 rings (SSSR count). The van der Waals surface area contributed by atoms with Gasteiger partial charge in [-0.3, -0.25) is 19.4 Å². The number of hydrogen-bond acceptors (Lipinski definition) is 12. The van der Waals surface area contributed by atoms with Crippen LogP contribution in [0.15, 0.2) is 24.3 Å². The number of esters is 2. The van der Waals surface area contributed by atoms with Gasteiger partial charge in [0.2, 0.25) is 0 Å². The topological polar surface area (TPSA) is 148 Å². The molecule has 0 spiro atoms. The number of rotatable bonds is 14. The van der Waals surface area contributed by atoms with Crippen LogP contribution in [0, 0.1) is 35.5 Å². The normalized spacial score (nSPS) is 26.5. The summed E-state index contributed by atoms with van der Waals surface area (Å²) in [7, 11) is 6.51. The summed E-state index contributed by atoms with van der Waals surface area (Å²) in [6.07, 6.45) is 2.74. The number of carbonyl (C=O) groups excluding carboxylic acids is 2. The highest BCUT2D eigenvalue weighted by molar-refractivity contribution is 5.76. The summed E-state index contributed by atoms with van der Waals surface area (Å²) in [5.74, 6) is 2.83. The smallest absolute Gasteiger partial charge is 0.323 e. The maximum absolute atomic E-state index is 12.8. The molecule has 0 saturated carbocycles. The van der Waals surface area contributed by atoms with Crippen molar-refractivity contribution in [3.05, 3.63) is 46.5 Å². The SMILES string of the molecule is C.C.C.[2H]C1(OC(=O)[C@@H](N)C(C)C)CC2c3cc(OC)c(OC)cc3CCN2CC1CC(C)C.[2H]C12CC(OC(=O)[C@@H](N)C(C)C)C(CC(C)C)CN1CCc1cc(OC)c(OC)cc12. The van der Waals surface area contributed by atoms with Gasteiger partial charge in [0.25, 0.3) is 0 Å². The number of carbonyl (C=O) groups is 2. The Morgan fingerprint density at radius 1 is 0.635 bits per heavy atom. The van der Waals surface area contributed by atoms with E-state index in [0.717, 1.165) is 74.3 Å². The Balaban J connectivity index is 0.000000427. The van der Waals surface area contributed by atoms with E-state index >= 15 is 0 Å². The number of nitrogens with zero attached hydrogens (tertiary/aromatic N) is 2. The van der Waals surface area contributed by atoms with Gasteiger partial charge < -0.3 is 39.9 Å². The third-order valence-corrected chi connectivity index (χ3v) is 12.8. The van der Waals surface area contributed by atoms with Crippen LogP contribution in [0.4, 0.5) is 0 Å². The predicted octanol–water partition coefficient (Wildman–Crippen LogP) is 9.04. The maximum Gasteiger partial charge on any atom is 0.323 e. The lowest BCUT2D eigenvalue weighted by Gasteiger charge is -2.47. The van der Waals surface area contributed by atoms with Gasteiger partial charge in [-0.15, -0.1) is 0 Å². The summed E-state index contributed by atoms with van der Waals surface area (Å²) in [6, 6.07) is 5.62.